The molecule has 0 aliphatic heterocycles. The number of hydrogen-bond donors (Lipinski definition) is 3. The van der Waals surface area contributed by atoms with Gasteiger partial charge in [-0.3, -0.25) is 0 Å². The quantitative estimate of drug-likeness (QED) is 0.691. The Balaban J connectivity index is 2.20. The van der Waals surface area contributed by atoms with Crippen LogP contribution in [-0.4, -0.2) is 31.4 Å². The third kappa shape index (κ3) is 3.68. The summed E-state index contributed by atoms with van der Waals surface area (Å²) in [6.45, 7) is 0.476. The summed E-state index contributed by atoms with van der Waals surface area (Å²) >= 11 is 0. The van der Waals surface area contributed by atoms with Crippen LogP contribution in [0, 0.1) is 0 Å². The minimum atomic E-state index is -1.50. The summed E-state index contributed by atoms with van der Waals surface area (Å²) in [6.07, 6.45) is 0. The fourth-order valence-corrected chi connectivity index (χ4v) is 2.08. The number of ether oxygens (including phenoxy) is 2. The molecule has 0 bridgehead atoms. The second-order valence-corrected chi connectivity index (χ2v) is 4.50. The summed E-state index contributed by atoms with van der Waals surface area (Å²) in [4.78, 5) is 0. The predicted molar refractivity (Wildman–Crippen MR) is 83.1 cm³/mol. The molecule has 0 saturated carbocycles. The first-order valence-corrected chi connectivity index (χ1v) is 6.55. The molecule has 2 aromatic carbocycles. The summed E-state index contributed by atoms with van der Waals surface area (Å²) in [7, 11) is 1.70. The minimum Gasteiger partial charge on any atom is -0.496 e. The minimum absolute atomic E-state index is 0.424. The Morgan fingerprint density at radius 2 is 1.71 bits per heavy atom. The van der Waals surface area contributed by atoms with Gasteiger partial charge in [0.1, 0.15) is 11.5 Å². The Hall–Kier alpha value is -2.18. The lowest BCUT2D eigenvalue weighted by Crippen LogP contribution is -2.30. The van der Waals surface area contributed by atoms with E-state index in [-0.39, 0.29) is 0 Å². The molecule has 0 saturated heterocycles. The van der Waals surface area contributed by atoms with E-state index in [0.29, 0.717) is 17.8 Å². The first-order valence-electron chi connectivity index (χ1n) is 6.55. The Kier molecular flexibility index (Phi) is 5.08. The van der Waals surface area contributed by atoms with E-state index < -0.39 is 7.12 Å². The average Bonchev–Trinajstić information content (AvgIpc) is 2.52. The van der Waals surface area contributed by atoms with Crippen LogP contribution >= 0.6 is 0 Å². The maximum Gasteiger partial charge on any atom is 0.488 e. The fraction of sp³-hybridized carbons (Fsp3) is 0.200. The molecule has 0 radical (unpaired) electrons. The van der Waals surface area contributed by atoms with Crippen molar-refractivity contribution in [2.45, 2.75) is 6.54 Å². The number of rotatable bonds is 6. The Bertz CT molecular complexity index is 604. The molecular weight excluding hydrogens is 269 g/mol. The molecule has 21 heavy (non-hydrogen) atoms. The SMILES string of the molecule is COc1ccc(B(O)O)cc1CNc1ccccc1OC. The van der Waals surface area contributed by atoms with Gasteiger partial charge in [-0.25, -0.2) is 0 Å². The number of hydrogen-bond acceptors (Lipinski definition) is 5. The topological polar surface area (TPSA) is 71.0 Å². The number of nitrogens with one attached hydrogen (secondary N) is 1. The monoisotopic (exact) mass is 287 g/mol. The maximum absolute atomic E-state index is 9.25. The van der Waals surface area contributed by atoms with E-state index >= 15 is 0 Å². The average molecular weight is 287 g/mol. The summed E-state index contributed by atoms with van der Waals surface area (Å²) in [6, 6.07) is 12.6. The van der Waals surface area contributed by atoms with Gasteiger partial charge in [-0.1, -0.05) is 24.3 Å². The molecule has 2 aromatic rings. The zero-order valence-corrected chi connectivity index (χ0v) is 12.0. The Labute approximate surface area is 124 Å². The Morgan fingerprint density at radius 3 is 2.38 bits per heavy atom. The molecule has 2 rings (SSSR count). The van der Waals surface area contributed by atoms with Crippen molar-refractivity contribution in [2.75, 3.05) is 19.5 Å². The van der Waals surface area contributed by atoms with Crippen molar-refractivity contribution < 1.29 is 19.5 Å². The van der Waals surface area contributed by atoms with Crippen molar-refractivity contribution in [3.63, 3.8) is 0 Å². The summed E-state index contributed by atoms with van der Waals surface area (Å²) in [5.74, 6) is 1.43. The lowest BCUT2D eigenvalue weighted by Gasteiger charge is -2.14. The number of methoxy groups -OCH3 is 2. The standard InChI is InChI=1S/C15H18BNO4/c1-20-14-8-7-12(16(18)19)9-11(14)10-17-13-5-3-4-6-15(13)21-2/h3-9,17-19H,10H2,1-2H3. The first kappa shape index (κ1) is 15.2. The molecule has 0 aliphatic rings. The summed E-state index contributed by atoms with van der Waals surface area (Å²) < 4.78 is 10.6. The second kappa shape index (κ2) is 7.01. The van der Waals surface area contributed by atoms with E-state index in [2.05, 4.69) is 5.32 Å². The van der Waals surface area contributed by atoms with Crippen LogP contribution in [0.1, 0.15) is 5.56 Å². The van der Waals surface area contributed by atoms with Crippen LogP contribution < -0.4 is 20.3 Å². The fourth-order valence-electron chi connectivity index (χ4n) is 2.08. The number of benzene rings is 2. The molecule has 3 N–H and O–H groups in total. The molecule has 6 heteroatoms. The molecule has 0 fully saturated rings. The van der Waals surface area contributed by atoms with Crippen molar-refractivity contribution in [3.05, 3.63) is 48.0 Å². The van der Waals surface area contributed by atoms with Gasteiger partial charge in [0, 0.05) is 12.1 Å². The van der Waals surface area contributed by atoms with Crippen molar-refractivity contribution in [1.82, 2.24) is 0 Å². The molecule has 0 spiro atoms. The first-order chi connectivity index (χ1) is 10.2. The molecule has 0 amide bonds. The highest BCUT2D eigenvalue weighted by Crippen LogP contribution is 2.25. The number of para-hydroxylation sites is 2. The molecule has 5 nitrogen and oxygen atoms in total. The molecular formula is C15H18BNO4. The van der Waals surface area contributed by atoms with E-state index in [1.54, 1.807) is 32.4 Å². The lowest BCUT2D eigenvalue weighted by atomic mass is 9.79. The van der Waals surface area contributed by atoms with Crippen LogP contribution in [0.15, 0.2) is 42.5 Å². The van der Waals surface area contributed by atoms with E-state index in [4.69, 9.17) is 9.47 Å². The summed E-state index contributed by atoms with van der Waals surface area (Å²) in [5, 5.41) is 21.8. The summed E-state index contributed by atoms with van der Waals surface area (Å²) in [5.41, 5.74) is 2.11. The van der Waals surface area contributed by atoms with Crippen molar-refractivity contribution in [1.29, 1.82) is 0 Å². The Morgan fingerprint density at radius 1 is 1.00 bits per heavy atom. The molecule has 0 aliphatic carbocycles. The highest BCUT2D eigenvalue weighted by molar-refractivity contribution is 6.58. The third-order valence-corrected chi connectivity index (χ3v) is 3.18. The molecule has 110 valence electrons. The largest absolute Gasteiger partial charge is 0.496 e. The van der Waals surface area contributed by atoms with Gasteiger partial charge in [0.05, 0.1) is 19.9 Å². The van der Waals surface area contributed by atoms with Crippen LogP contribution in [0.25, 0.3) is 0 Å². The predicted octanol–water partition coefficient (Wildman–Crippen LogP) is 0.996. The normalized spacial score (nSPS) is 10.1. The van der Waals surface area contributed by atoms with Gasteiger partial charge in [-0.2, -0.15) is 0 Å². The maximum atomic E-state index is 9.25. The third-order valence-electron chi connectivity index (χ3n) is 3.18. The van der Waals surface area contributed by atoms with Gasteiger partial charge < -0.3 is 24.8 Å². The van der Waals surface area contributed by atoms with Crippen molar-refractivity contribution >= 4 is 18.3 Å². The van der Waals surface area contributed by atoms with Gasteiger partial charge in [-0.15, -0.1) is 0 Å². The molecule has 0 heterocycles. The van der Waals surface area contributed by atoms with Gasteiger partial charge >= 0.3 is 7.12 Å². The van der Waals surface area contributed by atoms with Gasteiger partial charge in [0.15, 0.2) is 0 Å². The van der Waals surface area contributed by atoms with Crippen LogP contribution in [-0.2, 0) is 6.54 Å². The van der Waals surface area contributed by atoms with Gasteiger partial charge in [0.25, 0.3) is 0 Å². The van der Waals surface area contributed by atoms with Crippen LogP contribution in [0.5, 0.6) is 11.5 Å². The smallest absolute Gasteiger partial charge is 0.488 e. The van der Waals surface area contributed by atoms with Gasteiger partial charge in [-0.05, 0) is 23.7 Å². The van der Waals surface area contributed by atoms with E-state index in [9.17, 15) is 10.0 Å². The van der Waals surface area contributed by atoms with E-state index in [1.165, 1.54) is 0 Å². The van der Waals surface area contributed by atoms with Crippen molar-refractivity contribution in [3.8, 4) is 11.5 Å². The van der Waals surface area contributed by atoms with Crippen molar-refractivity contribution in [2.24, 2.45) is 0 Å². The molecule has 0 unspecified atom stereocenters. The van der Waals surface area contributed by atoms with E-state index in [0.717, 1.165) is 17.0 Å². The second-order valence-electron chi connectivity index (χ2n) is 4.50. The van der Waals surface area contributed by atoms with Crippen LogP contribution in [0.2, 0.25) is 0 Å². The zero-order chi connectivity index (χ0) is 15.2. The lowest BCUT2D eigenvalue weighted by molar-refractivity contribution is 0.409. The highest BCUT2D eigenvalue weighted by atomic mass is 16.5. The highest BCUT2D eigenvalue weighted by Gasteiger charge is 2.14. The van der Waals surface area contributed by atoms with Crippen LogP contribution in [0.4, 0.5) is 5.69 Å². The molecule has 0 atom stereocenters. The zero-order valence-electron chi connectivity index (χ0n) is 12.0. The van der Waals surface area contributed by atoms with E-state index in [1.807, 2.05) is 24.3 Å². The van der Waals surface area contributed by atoms with Gasteiger partial charge in [0.2, 0.25) is 0 Å². The number of anilines is 1. The van der Waals surface area contributed by atoms with Crippen LogP contribution in [0.3, 0.4) is 0 Å². The molecule has 0 aromatic heterocycles.